The van der Waals surface area contributed by atoms with E-state index in [9.17, 15) is 0 Å². The molecule has 0 bridgehead atoms. The number of hydrogen-bond donors (Lipinski definition) is 1. The number of para-hydroxylation sites is 1. The van der Waals surface area contributed by atoms with Gasteiger partial charge in [-0.25, -0.2) is 0 Å². The fourth-order valence-corrected chi connectivity index (χ4v) is 1.68. The van der Waals surface area contributed by atoms with E-state index in [0.717, 1.165) is 11.0 Å². The van der Waals surface area contributed by atoms with Crippen molar-refractivity contribution in [3.05, 3.63) is 36.2 Å². The van der Waals surface area contributed by atoms with E-state index in [0.29, 0.717) is 17.5 Å². The molecular weight excluding hydrogens is 230 g/mol. The molecule has 3 rings (SSSR count). The number of nitrogens with two attached hydrogens (primary N) is 1. The molecule has 0 atom stereocenters. The third kappa shape index (κ3) is 1.78. The first-order valence-electron chi connectivity index (χ1n) is 5.66. The minimum atomic E-state index is -0.655. The minimum absolute atomic E-state index is 0.387. The predicted octanol–water partition coefficient (Wildman–Crippen LogP) is 2.68. The van der Waals surface area contributed by atoms with E-state index in [4.69, 9.17) is 14.7 Å². The normalized spacial score (nSPS) is 12.2. The van der Waals surface area contributed by atoms with Crippen LogP contribution in [0.4, 0.5) is 0 Å². The Kier molecular flexibility index (Phi) is 2.24. The maximum Gasteiger partial charge on any atom is 0.246 e. The molecule has 0 unspecified atom stereocenters. The van der Waals surface area contributed by atoms with Crippen molar-refractivity contribution < 1.29 is 8.94 Å². The van der Waals surface area contributed by atoms with Gasteiger partial charge in [0.1, 0.15) is 5.58 Å². The van der Waals surface area contributed by atoms with Gasteiger partial charge in [0.25, 0.3) is 0 Å². The molecule has 0 saturated heterocycles. The van der Waals surface area contributed by atoms with E-state index in [-0.39, 0.29) is 0 Å². The Morgan fingerprint density at radius 2 is 2.00 bits per heavy atom. The Morgan fingerprint density at radius 3 is 2.67 bits per heavy atom. The second kappa shape index (κ2) is 3.68. The van der Waals surface area contributed by atoms with Crippen molar-refractivity contribution in [1.29, 1.82) is 0 Å². The summed E-state index contributed by atoms with van der Waals surface area (Å²) in [5, 5.41) is 4.89. The van der Waals surface area contributed by atoms with Gasteiger partial charge in [0, 0.05) is 5.39 Å². The highest BCUT2D eigenvalue weighted by atomic mass is 16.5. The van der Waals surface area contributed by atoms with Crippen LogP contribution < -0.4 is 5.73 Å². The molecule has 0 saturated carbocycles. The molecule has 18 heavy (non-hydrogen) atoms. The molecule has 2 heterocycles. The molecule has 5 nitrogen and oxygen atoms in total. The molecule has 0 fully saturated rings. The summed E-state index contributed by atoms with van der Waals surface area (Å²) >= 11 is 0. The Labute approximate surface area is 104 Å². The average molecular weight is 243 g/mol. The summed E-state index contributed by atoms with van der Waals surface area (Å²) in [7, 11) is 0. The van der Waals surface area contributed by atoms with Crippen molar-refractivity contribution in [3.8, 4) is 11.6 Å². The monoisotopic (exact) mass is 243 g/mol. The number of aromatic nitrogens is 2. The van der Waals surface area contributed by atoms with Crippen LogP contribution in [-0.2, 0) is 5.54 Å². The highest BCUT2D eigenvalue weighted by Gasteiger charge is 2.23. The lowest BCUT2D eigenvalue weighted by atomic mass is 10.1. The van der Waals surface area contributed by atoms with Crippen molar-refractivity contribution >= 4 is 11.0 Å². The largest absolute Gasteiger partial charge is 0.453 e. The van der Waals surface area contributed by atoms with Crippen LogP contribution in [-0.4, -0.2) is 10.1 Å². The summed E-state index contributed by atoms with van der Waals surface area (Å²) < 4.78 is 10.8. The maximum atomic E-state index is 5.90. The van der Waals surface area contributed by atoms with Crippen LogP contribution in [0, 0.1) is 0 Å². The molecule has 0 aliphatic heterocycles. The Morgan fingerprint density at radius 1 is 1.22 bits per heavy atom. The van der Waals surface area contributed by atoms with Gasteiger partial charge in [-0.15, -0.1) is 0 Å². The molecule has 92 valence electrons. The van der Waals surface area contributed by atoms with E-state index in [1.807, 2.05) is 44.2 Å². The highest BCUT2D eigenvalue weighted by molar-refractivity contribution is 5.81. The van der Waals surface area contributed by atoms with Crippen molar-refractivity contribution in [3.63, 3.8) is 0 Å². The molecule has 0 spiro atoms. The molecule has 5 heteroatoms. The third-order valence-electron chi connectivity index (χ3n) is 2.62. The van der Waals surface area contributed by atoms with E-state index >= 15 is 0 Å². The van der Waals surface area contributed by atoms with Crippen LogP contribution in [0.5, 0.6) is 0 Å². The maximum absolute atomic E-state index is 5.90. The zero-order valence-corrected chi connectivity index (χ0v) is 10.2. The van der Waals surface area contributed by atoms with Crippen molar-refractivity contribution in [2.75, 3.05) is 0 Å². The van der Waals surface area contributed by atoms with Crippen molar-refractivity contribution in [2.45, 2.75) is 19.4 Å². The first kappa shape index (κ1) is 11.0. The number of fused-ring (bicyclic) bond motifs is 1. The first-order valence-corrected chi connectivity index (χ1v) is 5.66. The van der Waals surface area contributed by atoms with Crippen molar-refractivity contribution in [1.82, 2.24) is 10.1 Å². The summed E-state index contributed by atoms with van der Waals surface area (Å²) in [4.78, 5) is 4.25. The van der Waals surface area contributed by atoms with Gasteiger partial charge in [-0.1, -0.05) is 23.4 Å². The van der Waals surface area contributed by atoms with Gasteiger partial charge < -0.3 is 14.7 Å². The number of rotatable bonds is 2. The van der Waals surface area contributed by atoms with E-state index < -0.39 is 5.54 Å². The van der Waals surface area contributed by atoms with Crippen LogP contribution in [0.15, 0.2) is 39.3 Å². The van der Waals surface area contributed by atoms with E-state index in [1.54, 1.807) is 0 Å². The fourth-order valence-electron chi connectivity index (χ4n) is 1.68. The zero-order valence-electron chi connectivity index (χ0n) is 10.2. The van der Waals surface area contributed by atoms with Gasteiger partial charge in [0.2, 0.25) is 11.7 Å². The van der Waals surface area contributed by atoms with Crippen LogP contribution in [0.3, 0.4) is 0 Å². The second-order valence-corrected chi connectivity index (χ2v) is 4.79. The molecule has 0 radical (unpaired) electrons. The summed E-state index contributed by atoms with van der Waals surface area (Å²) in [6.07, 6.45) is 0. The molecular formula is C13H13N3O2. The molecule has 3 aromatic rings. The van der Waals surface area contributed by atoms with Gasteiger partial charge >= 0.3 is 0 Å². The summed E-state index contributed by atoms with van der Waals surface area (Å²) in [5.41, 5.74) is 6.04. The average Bonchev–Trinajstić information content (AvgIpc) is 2.94. The van der Waals surface area contributed by atoms with E-state index in [2.05, 4.69) is 10.1 Å². The zero-order chi connectivity index (χ0) is 12.8. The van der Waals surface area contributed by atoms with Crippen molar-refractivity contribution in [2.24, 2.45) is 5.73 Å². The Hall–Kier alpha value is -2.14. The van der Waals surface area contributed by atoms with Gasteiger partial charge in [0.05, 0.1) is 5.54 Å². The minimum Gasteiger partial charge on any atom is -0.453 e. The SMILES string of the molecule is CC(C)(N)c1nc(-c2cc3ccccc3o2)no1. The van der Waals surface area contributed by atoms with Gasteiger partial charge in [-0.05, 0) is 26.0 Å². The number of benzene rings is 1. The van der Waals surface area contributed by atoms with Crippen LogP contribution >= 0.6 is 0 Å². The fraction of sp³-hybridized carbons (Fsp3) is 0.231. The lowest BCUT2D eigenvalue weighted by Crippen LogP contribution is -2.28. The predicted molar refractivity (Wildman–Crippen MR) is 66.7 cm³/mol. The molecule has 0 aliphatic rings. The number of nitrogens with zero attached hydrogens (tertiary/aromatic N) is 2. The summed E-state index contributed by atoms with van der Waals surface area (Å²) in [5.74, 6) is 1.38. The number of hydrogen-bond acceptors (Lipinski definition) is 5. The Balaban J connectivity index is 2.06. The first-order chi connectivity index (χ1) is 8.54. The lowest BCUT2D eigenvalue weighted by molar-refractivity contribution is 0.312. The number of furan rings is 1. The molecule has 2 N–H and O–H groups in total. The topological polar surface area (TPSA) is 78.1 Å². The quantitative estimate of drug-likeness (QED) is 0.748. The molecule has 2 aromatic heterocycles. The standard InChI is InChI=1S/C13H13N3O2/c1-13(2,14)12-15-11(16-18-12)10-7-8-5-3-4-6-9(8)17-10/h3-7H,14H2,1-2H3. The second-order valence-electron chi connectivity index (χ2n) is 4.79. The van der Waals surface area contributed by atoms with Crippen LogP contribution in [0.2, 0.25) is 0 Å². The van der Waals surface area contributed by atoms with E-state index in [1.165, 1.54) is 0 Å². The highest BCUT2D eigenvalue weighted by Crippen LogP contribution is 2.26. The summed E-state index contributed by atoms with van der Waals surface area (Å²) in [6.45, 7) is 3.62. The van der Waals surface area contributed by atoms with Gasteiger partial charge in [-0.3, -0.25) is 0 Å². The lowest BCUT2D eigenvalue weighted by Gasteiger charge is -2.10. The smallest absolute Gasteiger partial charge is 0.246 e. The molecule has 0 aliphatic carbocycles. The Bertz CT molecular complexity index is 658. The summed E-state index contributed by atoms with van der Waals surface area (Å²) in [6, 6.07) is 9.61. The van der Waals surface area contributed by atoms with Gasteiger partial charge in [-0.2, -0.15) is 4.98 Å². The third-order valence-corrected chi connectivity index (χ3v) is 2.62. The van der Waals surface area contributed by atoms with Crippen LogP contribution in [0.25, 0.3) is 22.6 Å². The van der Waals surface area contributed by atoms with Crippen LogP contribution in [0.1, 0.15) is 19.7 Å². The molecule has 1 aromatic carbocycles. The van der Waals surface area contributed by atoms with Gasteiger partial charge in [0.15, 0.2) is 5.76 Å². The molecule has 0 amide bonds.